The van der Waals surface area contributed by atoms with Gasteiger partial charge in [0.05, 0.1) is 5.39 Å². The van der Waals surface area contributed by atoms with Gasteiger partial charge in [0.15, 0.2) is 0 Å². The van der Waals surface area contributed by atoms with Gasteiger partial charge in [-0.3, -0.25) is 9.78 Å². The number of aromatic nitrogens is 2. The van der Waals surface area contributed by atoms with E-state index in [1.165, 1.54) is 11.3 Å². The lowest BCUT2D eigenvalue weighted by Crippen LogP contribution is -2.10. The van der Waals surface area contributed by atoms with Gasteiger partial charge in [-0.25, -0.2) is 4.98 Å². The van der Waals surface area contributed by atoms with E-state index in [1.807, 2.05) is 13.8 Å². The first-order chi connectivity index (χ1) is 6.09. The highest BCUT2D eigenvalue weighted by atomic mass is 32.1. The molecule has 0 bridgehead atoms. The highest BCUT2D eigenvalue weighted by molar-refractivity contribution is 7.18. The van der Waals surface area contributed by atoms with Gasteiger partial charge in [0.25, 0.3) is 5.56 Å². The summed E-state index contributed by atoms with van der Waals surface area (Å²) in [6.45, 7) is 3.89. The van der Waals surface area contributed by atoms with Crippen molar-refractivity contribution in [1.82, 2.24) is 9.97 Å². The standard InChI is InChI=1S/C8H9N3OS/c1-3-4(2)13-7-5(3)6(12)10-8(9)11-7/h1-2H3,(H3,9,10,11,12). The van der Waals surface area contributed by atoms with E-state index < -0.39 is 0 Å². The number of nitrogen functional groups attached to an aromatic ring is 1. The molecule has 13 heavy (non-hydrogen) atoms. The predicted octanol–water partition coefficient (Wildman–Crippen LogP) is 1.18. The van der Waals surface area contributed by atoms with E-state index in [4.69, 9.17) is 5.73 Å². The summed E-state index contributed by atoms with van der Waals surface area (Å²) in [5.41, 5.74) is 6.27. The monoisotopic (exact) mass is 195 g/mol. The maximum absolute atomic E-state index is 11.5. The minimum Gasteiger partial charge on any atom is -0.369 e. The molecule has 4 nitrogen and oxygen atoms in total. The molecule has 68 valence electrons. The largest absolute Gasteiger partial charge is 0.369 e. The van der Waals surface area contributed by atoms with Gasteiger partial charge in [-0.2, -0.15) is 0 Å². The molecule has 3 N–H and O–H groups in total. The SMILES string of the molecule is Cc1sc2nc(N)[nH]c(=O)c2c1C. The number of anilines is 1. The van der Waals surface area contributed by atoms with Crippen LogP contribution in [0.4, 0.5) is 5.95 Å². The summed E-state index contributed by atoms with van der Waals surface area (Å²) in [5, 5.41) is 0.664. The summed E-state index contributed by atoms with van der Waals surface area (Å²) >= 11 is 1.50. The molecule has 0 spiro atoms. The molecule has 2 aromatic rings. The summed E-state index contributed by atoms with van der Waals surface area (Å²) in [6.07, 6.45) is 0. The van der Waals surface area contributed by atoms with Gasteiger partial charge < -0.3 is 5.73 Å². The number of aromatic amines is 1. The number of aryl methyl sites for hydroxylation is 2. The molecule has 2 aromatic heterocycles. The molecular formula is C8H9N3OS. The minimum absolute atomic E-state index is 0.149. The molecule has 0 aliphatic carbocycles. The van der Waals surface area contributed by atoms with Crippen LogP contribution < -0.4 is 11.3 Å². The molecule has 0 aliphatic heterocycles. The van der Waals surface area contributed by atoms with Crippen molar-refractivity contribution >= 4 is 27.5 Å². The van der Waals surface area contributed by atoms with Crippen LogP contribution in [-0.4, -0.2) is 9.97 Å². The lowest BCUT2D eigenvalue weighted by atomic mass is 10.2. The highest BCUT2D eigenvalue weighted by Crippen LogP contribution is 2.25. The van der Waals surface area contributed by atoms with Crippen molar-refractivity contribution in [2.24, 2.45) is 0 Å². The van der Waals surface area contributed by atoms with Crippen LogP contribution in [0, 0.1) is 13.8 Å². The Hall–Kier alpha value is -1.36. The van der Waals surface area contributed by atoms with Crippen LogP contribution in [0.1, 0.15) is 10.4 Å². The number of nitrogens with one attached hydrogen (secondary N) is 1. The van der Waals surface area contributed by atoms with Crippen LogP contribution in [0.2, 0.25) is 0 Å². The smallest absolute Gasteiger partial charge is 0.261 e. The summed E-state index contributed by atoms with van der Waals surface area (Å²) < 4.78 is 0. The molecule has 5 heteroatoms. The number of rotatable bonds is 0. The van der Waals surface area contributed by atoms with Gasteiger partial charge in [-0.15, -0.1) is 11.3 Å². The quantitative estimate of drug-likeness (QED) is 0.663. The third-order valence-corrected chi connectivity index (χ3v) is 3.16. The summed E-state index contributed by atoms with van der Waals surface area (Å²) in [4.78, 5) is 19.8. The fourth-order valence-corrected chi connectivity index (χ4v) is 2.31. The number of nitrogens with two attached hydrogens (primary N) is 1. The van der Waals surface area contributed by atoms with Crippen molar-refractivity contribution in [2.45, 2.75) is 13.8 Å². The van der Waals surface area contributed by atoms with Gasteiger partial charge in [0.1, 0.15) is 4.83 Å². The molecule has 0 radical (unpaired) electrons. The van der Waals surface area contributed by atoms with Gasteiger partial charge in [-0.1, -0.05) is 0 Å². The zero-order valence-corrected chi connectivity index (χ0v) is 8.16. The van der Waals surface area contributed by atoms with Crippen LogP contribution in [0.3, 0.4) is 0 Å². The van der Waals surface area contributed by atoms with E-state index >= 15 is 0 Å². The average molecular weight is 195 g/mol. The number of hydrogen-bond acceptors (Lipinski definition) is 4. The third-order valence-electron chi connectivity index (χ3n) is 2.06. The first kappa shape index (κ1) is 8.25. The Morgan fingerprint density at radius 1 is 1.46 bits per heavy atom. The highest BCUT2D eigenvalue weighted by Gasteiger charge is 2.09. The van der Waals surface area contributed by atoms with Crippen LogP contribution in [0.25, 0.3) is 10.2 Å². The van der Waals surface area contributed by atoms with Crippen LogP contribution in [0.15, 0.2) is 4.79 Å². The van der Waals surface area contributed by atoms with Crippen molar-refractivity contribution in [3.8, 4) is 0 Å². The Labute approximate surface area is 78.4 Å². The predicted molar refractivity (Wildman–Crippen MR) is 54.1 cm³/mol. The zero-order chi connectivity index (χ0) is 9.59. The number of hydrogen-bond donors (Lipinski definition) is 2. The molecular weight excluding hydrogens is 186 g/mol. The molecule has 0 saturated carbocycles. The minimum atomic E-state index is -0.149. The fraction of sp³-hybridized carbons (Fsp3) is 0.250. The van der Waals surface area contributed by atoms with Crippen molar-refractivity contribution in [3.63, 3.8) is 0 Å². The number of nitrogens with zero attached hydrogens (tertiary/aromatic N) is 1. The second-order valence-corrected chi connectivity index (χ2v) is 4.12. The lowest BCUT2D eigenvalue weighted by Gasteiger charge is -1.92. The van der Waals surface area contributed by atoms with E-state index in [0.717, 1.165) is 15.3 Å². The van der Waals surface area contributed by atoms with E-state index in [1.54, 1.807) is 0 Å². The van der Waals surface area contributed by atoms with Crippen molar-refractivity contribution < 1.29 is 0 Å². The molecule has 0 fully saturated rings. The fourth-order valence-electron chi connectivity index (χ4n) is 1.27. The Morgan fingerprint density at radius 3 is 2.85 bits per heavy atom. The topological polar surface area (TPSA) is 71.8 Å². The van der Waals surface area contributed by atoms with E-state index in [-0.39, 0.29) is 11.5 Å². The van der Waals surface area contributed by atoms with E-state index in [0.29, 0.717) is 5.39 Å². The van der Waals surface area contributed by atoms with Crippen LogP contribution in [0.5, 0.6) is 0 Å². The summed E-state index contributed by atoms with van der Waals surface area (Å²) in [5.74, 6) is 0.179. The van der Waals surface area contributed by atoms with Crippen molar-refractivity contribution in [1.29, 1.82) is 0 Å². The van der Waals surface area contributed by atoms with Crippen molar-refractivity contribution in [2.75, 3.05) is 5.73 Å². The normalized spacial score (nSPS) is 10.9. The Kier molecular flexibility index (Phi) is 1.63. The number of fused-ring (bicyclic) bond motifs is 1. The number of thiophene rings is 1. The number of H-pyrrole nitrogens is 1. The Morgan fingerprint density at radius 2 is 2.15 bits per heavy atom. The third kappa shape index (κ3) is 1.12. The van der Waals surface area contributed by atoms with Gasteiger partial charge in [-0.05, 0) is 19.4 Å². The van der Waals surface area contributed by atoms with Crippen LogP contribution in [-0.2, 0) is 0 Å². The van der Waals surface area contributed by atoms with Crippen molar-refractivity contribution in [3.05, 3.63) is 20.8 Å². The average Bonchev–Trinajstić information content (AvgIpc) is 2.27. The first-order valence-corrected chi connectivity index (χ1v) is 4.66. The molecule has 0 unspecified atom stereocenters. The Balaban J connectivity index is 3.03. The van der Waals surface area contributed by atoms with E-state index in [9.17, 15) is 4.79 Å². The molecule has 0 atom stereocenters. The molecule has 0 saturated heterocycles. The maximum Gasteiger partial charge on any atom is 0.261 e. The van der Waals surface area contributed by atoms with Crippen LogP contribution >= 0.6 is 11.3 Å². The first-order valence-electron chi connectivity index (χ1n) is 3.85. The molecule has 2 rings (SSSR count). The molecule has 0 amide bonds. The molecule has 0 aromatic carbocycles. The Bertz CT molecular complexity index is 526. The lowest BCUT2D eigenvalue weighted by molar-refractivity contribution is 1.19. The van der Waals surface area contributed by atoms with Gasteiger partial charge in [0.2, 0.25) is 5.95 Å². The summed E-state index contributed by atoms with van der Waals surface area (Å²) in [6, 6.07) is 0. The summed E-state index contributed by atoms with van der Waals surface area (Å²) in [7, 11) is 0. The molecule has 2 heterocycles. The zero-order valence-electron chi connectivity index (χ0n) is 7.34. The molecule has 0 aliphatic rings. The van der Waals surface area contributed by atoms with Gasteiger partial charge in [0, 0.05) is 4.88 Å². The second-order valence-electron chi connectivity index (χ2n) is 2.91. The second kappa shape index (κ2) is 2.56. The maximum atomic E-state index is 11.5. The van der Waals surface area contributed by atoms with E-state index in [2.05, 4.69) is 9.97 Å². The van der Waals surface area contributed by atoms with Gasteiger partial charge >= 0.3 is 0 Å².